The summed E-state index contributed by atoms with van der Waals surface area (Å²) in [7, 11) is 1.52. The van der Waals surface area contributed by atoms with Crippen molar-refractivity contribution in [2.24, 2.45) is 0 Å². The zero-order valence-electron chi connectivity index (χ0n) is 22.2. The maximum atomic E-state index is 13.4. The lowest BCUT2D eigenvalue weighted by Crippen LogP contribution is -2.36. The van der Waals surface area contributed by atoms with E-state index in [1.54, 1.807) is 42.4 Å². The Balaban J connectivity index is 1.22. The highest BCUT2D eigenvalue weighted by molar-refractivity contribution is 6.06. The maximum Gasteiger partial charge on any atom is 0.274 e. The van der Waals surface area contributed by atoms with E-state index in [4.69, 9.17) is 4.74 Å². The molecule has 1 aliphatic carbocycles. The average molecular weight is 544 g/mol. The van der Waals surface area contributed by atoms with Crippen LogP contribution in [0.5, 0.6) is 5.75 Å². The van der Waals surface area contributed by atoms with Crippen molar-refractivity contribution in [2.45, 2.75) is 44.8 Å². The SMILES string of the molecule is COc1cc2c(cc1C(=O)Nc1cccc(-c3nnnn3[C@H](C)CO)n1)CN(C(=O)c1cn(C3CC3)cn1)CC2. The number of hydrogen-bond acceptors (Lipinski definition) is 9. The molecule has 1 fully saturated rings. The van der Waals surface area contributed by atoms with Crippen molar-refractivity contribution < 1.29 is 19.4 Å². The van der Waals surface area contributed by atoms with Gasteiger partial charge in [-0.05, 0) is 72.0 Å². The lowest BCUT2D eigenvalue weighted by atomic mass is 9.96. The molecule has 1 aromatic carbocycles. The summed E-state index contributed by atoms with van der Waals surface area (Å²) in [5, 5.41) is 24.0. The van der Waals surface area contributed by atoms with Crippen molar-refractivity contribution in [1.29, 1.82) is 0 Å². The molecule has 206 valence electrons. The molecular formula is C27H29N9O4. The van der Waals surface area contributed by atoms with Crippen LogP contribution in [0.3, 0.4) is 0 Å². The van der Waals surface area contributed by atoms with Gasteiger partial charge in [-0.1, -0.05) is 6.07 Å². The Morgan fingerprint density at radius 3 is 2.85 bits per heavy atom. The Labute approximate surface area is 229 Å². The van der Waals surface area contributed by atoms with Crippen molar-refractivity contribution in [3.63, 3.8) is 0 Å². The highest BCUT2D eigenvalue weighted by Crippen LogP contribution is 2.35. The largest absolute Gasteiger partial charge is 0.496 e. The molecule has 1 atom stereocenters. The fraction of sp³-hybridized carbons (Fsp3) is 0.370. The number of aliphatic hydroxyl groups excluding tert-OH is 1. The number of nitrogens with zero attached hydrogens (tertiary/aromatic N) is 8. The number of fused-ring (bicyclic) bond motifs is 1. The van der Waals surface area contributed by atoms with E-state index in [0.29, 0.717) is 59.9 Å². The van der Waals surface area contributed by atoms with Crippen LogP contribution in [0.1, 0.15) is 63.8 Å². The zero-order chi connectivity index (χ0) is 27.8. The number of carbonyl (C=O) groups is 2. The summed E-state index contributed by atoms with van der Waals surface area (Å²) in [4.78, 5) is 37.2. The van der Waals surface area contributed by atoms with E-state index in [9.17, 15) is 14.7 Å². The third-order valence-electron chi connectivity index (χ3n) is 7.25. The molecule has 0 saturated heterocycles. The number of benzene rings is 1. The number of aromatic nitrogens is 7. The Morgan fingerprint density at radius 2 is 2.08 bits per heavy atom. The average Bonchev–Trinajstić information content (AvgIpc) is 3.50. The molecule has 3 aromatic heterocycles. The molecular weight excluding hydrogens is 514 g/mol. The summed E-state index contributed by atoms with van der Waals surface area (Å²) >= 11 is 0. The van der Waals surface area contributed by atoms with Crippen LogP contribution in [0, 0.1) is 0 Å². The first-order valence-electron chi connectivity index (χ1n) is 13.1. The fourth-order valence-corrected chi connectivity index (χ4v) is 4.84. The van der Waals surface area contributed by atoms with Gasteiger partial charge in [-0.25, -0.2) is 14.6 Å². The molecule has 6 rings (SSSR count). The molecule has 4 aromatic rings. The number of hydrogen-bond donors (Lipinski definition) is 2. The lowest BCUT2D eigenvalue weighted by molar-refractivity contribution is 0.0729. The van der Waals surface area contributed by atoms with E-state index in [0.717, 1.165) is 24.0 Å². The van der Waals surface area contributed by atoms with Gasteiger partial charge in [0.1, 0.15) is 23.0 Å². The summed E-state index contributed by atoms with van der Waals surface area (Å²) < 4.78 is 9.04. The molecule has 0 bridgehead atoms. The standard InChI is InChI=1S/C27H29N9O4/c1-16(14-37)36-25(31-32-33-36)21-4-3-5-24(29-21)30-26(38)20-10-18-12-34(9-8-17(18)11-23(20)40-2)27(39)22-13-35(15-28-22)19-6-7-19/h3-5,10-11,13,15-16,19,37H,6-9,12,14H2,1-2H3,(H,29,30,38)/t16-/m1/s1. The molecule has 0 unspecified atom stereocenters. The summed E-state index contributed by atoms with van der Waals surface area (Å²) in [5.74, 6) is 0.591. The quantitative estimate of drug-likeness (QED) is 0.341. The Morgan fingerprint density at radius 1 is 1.23 bits per heavy atom. The number of pyridine rings is 1. The maximum absolute atomic E-state index is 13.4. The van der Waals surface area contributed by atoms with Gasteiger partial charge >= 0.3 is 0 Å². The number of nitrogens with one attached hydrogen (secondary N) is 1. The highest BCUT2D eigenvalue weighted by atomic mass is 16.5. The highest BCUT2D eigenvalue weighted by Gasteiger charge is 2.28. The third-order valence-corrected chi connectivity index (χ3v) is 7.25. The number of aliphatic hydroxyl groups is 1. The number of imidazole rings is 1. The fourth-order valence-electron chi connectivity index (χ4n) is 4.84. The van der Waals surface area contributed by atoms with E-state index in [2.05, 4.69) is 30.8 Å². The van der Waals surface area contributed by atoms with Gasteiger partial charge in [0, 0.05) is 25.3 Å². The molecule has 2 amide bonds. The van der Waals surface area contributed by atoms with Crippen LogP contribution in [0.2, 0.25) is 0 Å². The molecule has 0 radical (unpaired) electrons. The summed E-state index contributed by atoms with van der Waals surface area (Å²) in [6.45, 7) is 2.57. The van der Waals surface area contributed by atoms with Crippen molar-refractivity contribution in [3.05, 3.63) is 65.2 Å². The zero-order valence-corrected chi connectivity index (χ0v) is 22.2. The van der Waals surface area contributed by atoms with E-state index in [1.807, 2.05) is 16.8 Å². The topological polar surface area (TPSA) is 153 Å². The second-order valence-corrected chi connectivity index (χ2v) is 10.1. The first-order valence-corrected chi connectivity index (χ1v) is 13.1. The molecule has 2 aliphatic rings. The van der Waals surface area contributed by atoms with E-state index in [-0.39, 0.29) is 18.6 Å². The van der Waals surface area contributed by atoms with Crippen LogP contribution < -0.4 is 10.1 Å². The van der Waals surface area contributed by atoms with Gasteiger partial charge in [0.05, 0.1) is 31.6 Å². The summed E-state index contributed by atoms with van der Waals surface area (Å²) in [5.41, 5.74) is 3.13. The van der Waals surface area contributed by atoms with Gasteiger partial charge in [0.25, 0.3) is 11.8 Å². The Kier molecular flexibility index (Phi) is 6.72. The summed E-state index contributed by atoms with van der Waals surface area (Å²) in [6, 6.07) is 8.88. The Hall–Kier alpha value is -4.65. The van der Waals surface area contributed by atoms with Gasteiger partial charge in [-0.15, -0.1) is 5.10 Å². The van der Waals surface area contributed by atoms with Gasteiger partial charge in [-0.2, -0.15) is 0 Å². The minimum atomic E-state index is -0.403. The molecule has 1 saturated carbocycles. The first kappa shape index (κ1) is 25.6. The number of amides is 2. The summed E-state index contributed by atoms with van der Waals surface area (Å²) in [6.07, 6.45) is 6.44. The van der Waals surface area contributed by atoms with Crippen molar-refractivity contribution in [2.75, 3.05) is 25.6 Å². The lowest BCUT2D eigenvalue weighted by Gasteiger charge is -2.29. The molecule has 40 heavy (non-hydrogen) atoms. The predicted octanol–water partition coefficient (Wildman–Crippen LogP) is 2.28. The van der Waals surface area contributed by atoms with Crippen LogP contribution in [-0.2, 0) is 13.0 Å². The van der Waals surface area contributed by atoms with Crippen molar-refractivity contribution >= 4 is 17.6 Å². The minimum absolute atomic E-state index is 0.120. The number of methoxy groups -OCH3 is 1. The smallest absolute Gasteiger partial charge is 0.274 e. The van der Waals surface area contributed by atoms with E-state index >= 15 is 0 Å². The van der Waals surface area contributed by atoms with Crippen LogP contribution in [-0.4, -0.2) is 76.8 Å². The molecule has 1 aliphatic heterocycles. The third kappa shape index (κ3) is 4.91. The molecule has 13 nitrogen and oxygen atoms in total. The number of carbonyl (C=O) groups excluding carboxylic acids is 2. The monoisotopic (exact) mass is 543 g/mol. The van der Waals surface area contributed by atoms with Gasteiger partial charge < -0.3 is 24.6 Å². The van der Waals surface area contributed by atoms with E-state index < -0.39 is 5.91 Å². The number of anilines is 1. The van der Waals surface area contributed by atoms with Gasteiger partial charge in [-0.3, -0.25) is 9.59 Å². The van der Waals surface area contributed by atoms with Gasteiger partial charge in [0.2, 0.25) is 5.82 Å². The second-order valence-electron chi connectivity index (χ2n) is 10.1. The van der Waals surface area contributed by atoms with Crippen molar-refractivity contribution in [3.8, 4) is 17.3 Å². The number of rotatable bonds is 8. The number of tetrazole rings is 1. The molecule has 4 heterocycles. The van der Waals surface area contributed by atoms with Gasteiger partial charge in [0.15, 0.2) is 0 Å². The first-order chi connectivity index (χ1) is 19.4. The second kappa shape index (κ2) is 10.5. The van der Waals surface area contributed by atoms with E-state index in [1.165, 1.54) is 11.8 Å². The molecule has 2 N–H and O–H groups in total. The van der Waals surface area contributed by atoms with Crippen molar-refractivity contribution in [1.82, 2.24) is 39.6 Å². The predicted molar refractivity (Wildman–Crippen MR) is 143 cm³/mol. The van der Waals surface area contributed by atoms with Crippen LogP contribution >= 0.6 is 0 Å². The van der Waals surface area contributed by atoms with Crippen LogP contribution in [0.15, 0.2) is 42.9 Å². The number of ether oxygens (including phenoxy) is 1. The van der Waals surface area contributed by atoms with Crippen LogP contribution in [0.4, 0.5) is 5.82 Å². The molecule has 13 heteroatoms. The molecule has 0 spiro atoms. The minimum Gasteiger partial charge on any atom is -0.496 e. The normalized spacial score (nSPS) is 15.4. The van der Waals surface area contributed by atoms with Crippen LogP contribution in [0.25, 0.3) is 11.5 Å². The Bertz CT molecular complexity index is 1580.